The van der Waals surface area contributed by atoms with E-state index in [2.05, 4.69) is 48.5 Å². The van der Waals surface area contributed by atoms with E-state index in [1.165, 1.54) is 25.7 Å². The molecule has 0 amide bonds. The molecule has 0 saturated heterocycles. The molecule has 0 aliphatic rings. The van der Waals surface area contributed by atoms with E-state index in [9.17, 15) is 0 Å². The molecule has 0 aromatic carbocycles. The molecule has 0 rings (SSSR count). The lowest BCUT2D eigenvalue weighted by molar-refractivity contribution is 0.132. The molecule has 0 aliphatic heterocycles. The molecule has 0 fully saturated rings. The first-order chi connectivity index (χ1) is 6.19. The van der Waals surface area contributed by atoms with Crippen LogP contribution in [0.2, 0.25) is 0 Å². The summed E-state index contributed by atoms with van der Waals surface area (Å²) in [4.78, 5) is 0. The van der Waals surface area contributed by atoms with Gasteiger partial charge in [0.1, 0.15) is 0 Å². The summed E-state index contributed by atoms with van der Waals surface area (Å²) in [5.41, 5.74) is 0.956. The van der Waals surface area contributed by atoms with Crippen molar-refractivity contribution in [1.29, 1.82) is 0 Å². The zero-order chi connectivity index (χ0) is 11.4. The minimum absolute atomic E-state index is 0.462. The molecule has 0 aliphatic carbocycles. The van der Waals surface area contributed by atoms with Gasteiger partial charge in [-0.1, -0.05) is 67.7 Å². The molecule has 0 heteroatoms. The normalized spacial score (nSPS) is 15.6. The Morgan fingerprint density at radius 3 is 1.86 bits per heavy atom. The van der Waals surface area contributed by atoms with Crippen molar-refractivity contribution in [2.24, 2.45) is 16.7 Å². The third-order valence-corrected chi connectivity index (χ3v) is 3.31. The van der Waals surface area contributed by atoms with Gasteiger partial charge in [0.25, 0.3) is 0 Å². The second-order valence-electron chi connectivity index (χ2n) is 6.77. The van der Waals surface area contributed by atoms with Crippen LogP contribution < -0.4 is 0 Å². The van der Waals surface area contributed by atoms with Gasteiger partial charge in [0.05, 0.1) is 0 Å². The monoisotopic (exact) mass is 198 g/mol. The molecule has 0 aromatic heterocycles. The van der Waals surface area contributed by atoms with Crippen LogP contribution in [0, 0.1) is 16.7 Å². The summed E-state index contributed by atoms with van der Waals surface area (Å²) < 4.78 is 0. The van der Waals surface area contributed by atoms with Crippen LogP contribution in [0.3, 0.4) is 0 Å². The van der Waals surface area contributed by atoms with E-state index in [0.29, 0.717) is 10.8 Å². The van der Waals surface area contributed by atoms with E-state index in [1.807, 2.05) is 0 Å². The summed E-state index contributed by atoms with van der Waals surface area (Å²) in [5.74, 6) is 0.849. The smallest absolute Gasteiger partial charge is 0.0324 e. The Bertz CT molecular complexity index is 148. The van der Waals surface area contributed by atoms with Crippen LogP contribution in [-0.2, 0) is 0 Å². The molecule has 1 atom stereocenters. The van der Waals surface area contributed by atoms with E-state index >= 15 is 0 Å². The SMILES string of the molecule is CCCCC(C)C(C)(C)CC(C)(C)C. The highest BCUT2D eigenvalue weighted by molar-refractivity contribution is 4.80. The Kier molecular flexibility index (Phi) is 5.19. The molecule has 0 bridgehead atoms. The van der Waals surface area contributed by atoms with Crippen molar-refractivity contribution in [3.8, 4) is 0 Å². The number of hydrogen-bond donors (Lipinski definition) is 0. The van der Waals surface area contributed by atoms with Crippen molar-refractivity contribution >= 4 is 0 Å². The Hall–Kier alpha value is 0. The maximum absolute atomic E-state index is 2.43. The van der Waals surface area contributed by atoms with Crippen molar-refractivity contribution in [3.63, 3.8) is 0 Å². The molecule has 14 heavy (non-hydrogen) atoms. The van der Waals surface area contributed by atoms with Gasteiger partial charge in [-0.25, -0.2) is 0 Å². The second kappa shape index (κ2) is 5.19. The van der Waals surface area contributed by atoms with Gasteiger partial charge in [-0.3, -0.25) is 0 Å². The fraction of sp³-hybridized carbons (Fsp3) is 1.00. The lowest BCUT2D eigenvalue weighted by Crippen LogP contribution is -2.27. The summed E-state index contributed by atoms with van der Waals surface area (Å²) in [6.45, 7) is 16.6. The van der Waals surface area contributed by atoms with Crippen molar-refractivity contribution in [3.05, 3.63) is 0 Å². The van der Waals surface area contributed by atoms with Gasteiger partial charge in [-0.15, -0.1) is 0 Å². The number of unbranched alkanes of at least 4 members (excludes halogenated alkanes) is 1. The van der Waals surface area contributed by atoms with E-state index in [4.69, 9.17) is 0 Å². The van der Waals surface area contributed by atoms with Gasteiger partial charge in [0.2, 0.25) is 0 Å². The first-order valence-electron chi connectivity index (χ1n) is 6.19. The fourth-order valence-electron chi connectivity index (χ4n) is 2.44. The van der Waals surface area contributed by atoms with Gasteiger partial charge >= 0.3 is 0 Å². The molecule has 0 nitrogen and oxygen atoms in total. The van der Waals surface area contributed by atoms with Crippen LogP contribution in [-0.4, -0.2) is 0 Å². The van der Waals surface area contributed by atoms with Gasteiger partial charge < -0.3 is 0 Å². The molecule has 0 N–H and O–H groups in total. The van der Waals surface area contributed by atoms with E-state index in [-0.39, 0.29) is 0 Å². The van der Waals surface area contributed by atoms with Gasteiger partial charge in [-0.05, 0) is 23.2 Å². The predicted octanol–water partition coefficient (Wildman–Crippen LogP) is 5.28. The molecule has 0 aromatic rings. The van der Waals surface area contributed by atoms with Gasteiger partial charge in [0.15, 0.2) is 0 Å². The van der Waals surface area contributed by atoms with Crippen LogP contribution in [0.15, 0.2) is 0 Å². The minimum Gasteiger partial charge on any atom is -0.0654 e. The highest BCUT2D eigenvalue weighted by Gasteiger charge is 2.30. The molecular formula is C14H30. The van der Waals surface area contributed by atoms with Crippen LogP contribution in [0.5, 0.6) is 0 Å². The average Bonchev–Trinajstić information content (AvgIpc) is 1.95. The summed E-state index contributed by atoms with van der Waals surface area (Å²) in [7, 11) is 0. The summed E-state index contributed by atoms with van der Waals surface area (Å²) >= 11 is 0. The molecule has 86 valence electrons. The first kappa shape index (κ1) is 14.0. The van der Waals surface area contributed by atoms with Crippen molar-refractivity contribution in [2.75, 3.05) is 0 Å². The molecule has 1 unspecified atom stereocenters. The second-order valence-corrected chi connectivity index (χ2v) is 6.77. The first-order valence-corrected chi connectivity index (χ1v) is 6.19. The Morgan fingerprint density at radius 2 is 1.50 bits per heavy atom. The molecule has 0 saturated carbocycles. The summed E-state index contributed by atoms with van der Waals surface area (Å²) in [6.07, 6.45) is 5.43. The van der Waals surface area contributed by atoms with Crippen LogP contribution in [0.4, 0.5) is 0 Å². The van der Waals surface area contributed by atoms with Gasteiger partial charge in [-0.2, -0.15) is 0 Å². The maximum atomic E-state index is 2.43. The Labute approximate surface area is 91.5 Å². The standard InChI is InChI=1S/C14H30/c1-8-9-10-12(2)14(6,7)11-13(3,4)5/h12H,8-11H2,1-7H3. The van der Waals surface area contributed by atoms with Crippen LogP contribution >= 0.6 is 0 Å². The largest absolute Gasteiger partial charge is 0.0654 e. The Morgan fingerprint density at radius 1 is 1.00 bits per heavy atom. The lowest BCUT2D eigenvalue weighted by Gasteiger charge is -2.37. The quantitative estimate of drug-likeness (QED) is 0.564. The van der Waals surface area contributed by atoms with Crippen LogP contribution in [0.1, 0.15) is 74.1 Å². The fourth-order valence-corrected chi connectivity index (χ4v) is 2.44. The molecule has 0 heterocycles. The zero-order valence-corrected chi connectivity index (χ0v) is 11.4. The van der Waals surface area contributed by atoms with Gasteiger partial charge in [0, 0.05) is 0 Å². The van der Waals surface area contributed by atoms with Crippen molar-refractivity contribution in [1.82, 2.24) is 0 Å². The Balaban J connectivity index is 4.15. The highest BCUT2D eigenvalue weighted by Crippen LogP contribution is 2.40. The van der Waals surface area contributed by atoms with E-state index in [1.54, 1.807) is 0 Å². The van der Waals surface area contributed by atoms with E-state index in [0.717, 1.165) is 5.92 Å². The number of rotatable bonds is 5. The van der Waals surface area contributed by atoms with Crippen molar-refractivity contribution in [2.45, 2.75) is 74.1 Å². The molecule has 0 radical (unpaired) electrons. The minimum atomic E-state index is 0.462. The maximum Gasteiger partial charge on any atom is -0.0324 e. The van der Waals surface area contributed by atoms with E-state index < -0.39 is 0 Å². The molecule has 0 spiro atoms. The topological polar surface area (TPSA) is 0 Å². The summed E-state index contributed by atoms with van der Waals surface area (Å²) in [5, 5.41) is 0. The van der Waals surface area contributed by atoms with Crippen molar-refractivity contribution < 1.29 is 0 Å². The average molecular weight is 198 g/mol. The third kappa shape index (κ3) is 5.67. The lowest BCUT2D eigenvalue weighted by atomic mass is 9.68. The number of hydrogen-bond acceptors (Lipinski definition) is 0. The third-order valence-electron chi connectivity index (χ3n) is 3.31. The summed E-state index contributed by atoms with van der Waals surface area (Å²) in [6, 6.07) is 0. The highest BCUT2D eigenvalue weighted by atomic mass is 14.3. The van der Waals surface area contributed by atoms with Crippen LogP contribution in [0.25, 0.3) is 0 Å². The molecular weight excluding hydrogens is 168 g/mol. The predicted molar refractivity (Wildman–Crippen MR) is 66.5 cm³/mol. The zero-order valence-electron chi connectivity index (χ0n) is 11.4.